The van der Waals surface area contributed by atoms with E-state index < -0.39 is 0 Å². The Labute approximate surface area is 332 Å². The third kappa shape index (κ3) is 4.45. The van der Waals surface area contributed by atoms with Crippen LogP contribution in [-0.4, -0.2) is 17.5 Å². The number of aromatic nitrogens is 1. The maximum absolute atomic E-state index is 7.06. The van der Waals surface area contributed by atoms with Crippen molar-refractivity contribution < 1.29 is 13.6 Å². The molecular weight excluding hydrogens is 719 g/mol. The number of furan rings is 2. The van der Waals surface area contributed by atoms with Crippen molar-refractivity contribution >= 4 is 89.7 Å². The fraction of sp³-hybridized carbons (Fsp3) is 0.0400. The Kier molecular flexibility index (Phi) is 6.40. The van der Waals surface area contributed by atoms with E-state index >= 15 is 0 Å². The minimum Gasteiger partial charge on any atom is -0.456 e. The summed E-state index contributed by atoms with van der Waals surface area (Å²) >= 11 is 0. The number of hydrogen-bond donors (Lipinski definition) is 0. The topological polar surface area (TPSA) is 70.5 Å². The lowest BCUT2D eigenvalue weighted by molar-refractivity contribution is 0.476. The summed E-state index contributed by atoms with van der Waals surface area (Å²) in [5, 5.41) is 3.92. The maximum Gasteiger partial charge on any atom is 0.178 e. The van der Waals surface area contributed by atoms with E-state index in [0.29, 0.717) is 23.8 Å². The van der Waals surface area contributed by atoms with Crippen molar-refractivity contribution in [3.63, 3.8) is 0 Å². The Hall–Kier alpha value is -7.84. The molecule has 8 heteroatoms. The molecule has 0 radical (unpaired) electrons. The molecule has 274 valence electrons. The van der Waals surface area contributed by atoms with Gasteiger partial charge in [0.15, 0.2) is 11.3 Å². The van der Waals surface area contributed by atoms with Crippen LogP contribution in [0, 0.1) is 0 Å². The number of rotatable bonds is 5. The zero-order valence-corrected chi connectivity index (χ0v) is 30.9. The molecule has 3 aliphatic rings. The van der Waals surface area contributed by atoms with Gasteiger partial charge in [-0.3, -0.25) is 4.90 Å². The average Bonchev–Trinajstić information content (AvgIpc) is 4.09. The van der Waals surface area contributed by atoms with Gasteiger partial charge in [-0.25, -0.2) is 9.98 Å². The molecule has 0 saturated carbocycles. The first-order valence-electron chi connectivity index (χ1n) is 19.5. The molecule has 0 spiro atoms. The first-order valence-corrected chi connectivity index (χ1v) is 19.5. The summed E-state index contributed by atoms with van der Waals surface area (Å²) in [6, 6.07) is 56.4. The van der Waals surface area contributed by atoms with Gasteiger partial charge in [0.25, 0.3) is 0 Å². The van der Waals surface area contributed by atoms with Crippen molar-refractivity contribution in [2.24, 2.45) is 4.99 Å². The highest BCUT2D eigenvalue weighted by molar-refractivity contribution is 6.23. The SMILES string of the molecule is c1ccc(N2CN(c3cc(Oc4ccc5c(c4)N(c4ccccn4)C4=Nc6ccccc6C45)c4oc5c(ccc6oc7ccccc7c65)c4c3)c3ccccc32)cc1. The van der Waals surface area contributed by atoms with Crippen molar-refractivity contribution in [2.75, 3.05) is 21.4 Å². The van der Waals surface area contributed by atoms with Crippen LogP contribution in [0.3, 0.4) is 0 Å². The van der Waals surface area contributed by atoms with Gasteiger partial charge in [0.1, 0.15) is 40.8 Å². The van der Waals surface area contributed by atoms with Crippen molar-refractivity contribution in [1.29, 1.82) is 0 Å². The molecular formula is C50H31N5O3. The molecule has 0 fully saturated rings. The van der Waals surface area contributed by atoms with Gasteiger partial charge in [-0.2, -0.15) is 0 Å². The Morgan fingerprint density at radius 3 is 2.22 bits per heavy atom. The van der Waals surface area contributed by atoms with Gasteiger partial charge in [0.05, 0.1) is 34.1 Å². The third-order valence-corrected chi connectivity index (χ3v) is 11.8. The minimum atomic E-state index is 0.00245. The van der Waals surface area contributed by atoms with Gasteiger partial charge in [0, 0.05) is 45.9 Å². The molecule has 0 saturated heterocycles. The second-order valence-corrected chi connectivity index (χ2v) is 15.0. The van der Waals surface area contributed by atoms with Gasteiger partial charge in [-0.05, 0) is 83.9 Å². The highest BCUT2D eigenvalue weighted by atomic mass is 16.5. The average molecular weight is 750 g/mol. The van der Waals surface area contributed by atoms with Gasteiger partial charge in [-0.1, -0.05) is 78.9 Å². The smallest absolute Gasteiger partial charge is 0.178 e. The quantitative estimate of drug-likeness (QED) is 0.173. The first-order chi connectivity index (χ1) is 28.7. The number of ether oxygens (including phenoxy) is 1. The predicted octanol–water partition coefficient (Wildman–Crippen LogP) is 13.2. The summed E-state index contributed by atoms with van der Waals surface area (Å²) < 4.78 is 20.3. The molecule has 13 rings (SSSR count). The summed E-state index contributed by atoms with van der Waals surface area (Å²) in [6.45, 7) is 0.629. The van der Waals surface area contributed by atoms with E-state index in [-0.39, 0.29) is 5.92 Å². The Morgan fingerprint density at radius 2 is 1.34 bits per heavy atom. The van der Waals surface area contributed by atoms with E-state index in [1.165, 1.54) is 5.56 Å². The molecule has 1 atom stereocenters. The van der Waals surface area contributed by atoms with Crippen LogP contribution in [0.1, 0.15) is 17.0 Å². The van der Waals surface area contributed by atoms with E-state index in [1.807, 2.05) is 54.7 Å². The molecule has 0 amide bonds. The standard InChI is InChI=1S/C50H31N5O3/c1-2-12-30(13-3-1)53-29-54(40-18-8-7-17-39(40)53)31-26-37-33-23-24-43-47(36-15-5-9-19-42(36)57-43)49(33)58-48(37)44(27-31)56-32-21-22-35-41(28-32)55(45-20-10-11-25-51-45)50-46(35)34-14-4-6-16-38(34)52-50/h1-28,46H,29H2. The third-order valence-electron chi connectivity index (χ3n) is 11.8. The summed E-state index contributed by atoms with van der Waals surface area (Å²) in [5.74, 6) is 3.05. The number of para-hydroxylation sites is 5. The Balaban J connectivity index is 1.00. The van der Waals surface area contributed by atoms with Crippen molar-refractivity contribution in [3.05, 3.63) is 181 Å². The lowest BCUT2D eigenvalue weighted by Crippen LogP contribution is -2.23. The number of benzene rings is 7. The molecule has 3 aliphatic heterocycles. The van der Waals surface area contributed by atoms with Crippen LogP contribution in [-0.2, 0) is 0 Å². The molecule has 0 N–H and O–H groups in total. The monoisotopic (exact) mass is 749 g/mol. The molecule has 10 aromatic rings. The minimum absolute atomic E-state index is 0.00245. The van der Waals surface area contributed by atoms with E-state index in [0.717, 1.165) is 89.6 Å². The van der Waals surface area contributed by atoms with Crippen LogP contribution in [0.25, 0.3) is 43.9 Å². The first kappa shape index (κ1) is 31.4. The zero-order valence-electron chi connectivity index (χ0n) is 30.9. The Morgan fingerprint density at radius 1 is 0.552 bits per heavy atom. The fourth-order valence-electron chi connectivity index (χ4n) is 9.24. The number of fused-ring (bicyclic) bond motifs is 13. The second-order valence-electron chi connectivity index (χ2n) is 15.0. The largest absolute Gasteiger partial charge is 0.456 e. The van der Waals surface area contributed by atoms with Crippen molar-refractivity contribution in [1.82, 2.24) is 4.98 Å². The molecule has 0 aliphatic carbocycles. The normalized spacial score (nSPS) is 15.3. The number of anilines is 6. The van der Waals surface area contributed by atoms with Crippen molar-refractivity contribution in [3.8, 4) is 11.5 Å². The maximum atomic E-state index is 7.06. The molecule has 1 unspecified atom stereocenters. The number of amidine groups is 1. The number of pyridine rings is 1. The van der Waals surface area contributed by atoms with E-state index in [1.54, 1.807) is 0 Å². The van der Waals surface area contributed by atoms with Crippen molar-refractivity contribution in [2.45, 2.75) is 5.92 Å². The highest BCUT2D eigenvalue weighted by Crippen LogP contribution is 2.53. The lowest BCUT2D eigenvalue weighted by atomic mass is 9.93. The van der Waals surface area contributed by atoms with Crippen LogP contribution in [0.5, 0.6) is 11.5 Å². The summed E-state index contributed by atoms with van der Waals surface area (Å²) in [4.78, 5) is 16.8. The summed E-state index contributed by atoms with van der Waals surface area (Å²) in [6.07, 6.45) is 1.82. The van der Waals surface area contributed by atoms with E-state index in [2.05, 4.69) is 130 Å². The molecule has 0 bridgehead atoms. The number of nitrogens with zero attached hydrogens (tertiary/aromatic N) is 5. The zero-order chi connectivity index (χ0) is 37.9. The van der Waals surface area contributed by atoms with Gasteiger partial charge >= 0.3 is 0 Å². The summed E-state index contributed by atoms with van der Waals surface area (Å²) in [7, 11) is 0. The fourth-order valence-corrected chi connectivity index (χ4v) is 9.24. The molecule has 58 heavy (non-hydrogen) atoms. The molecule has 8 nitrogen and oxygen atoms in total. The molecule has 7 aromatic carbocycles. The molecule has 6 heterocycles. The second kappa shape index (κ2) is 11.8. The van der Waals surface area contributed by atoms with Crippen LogP contribution in [0.4, 0.5) is 39.9 Å². The van der Waals surface area contributed by atoms with Crippen LogP contribution >= 0.6 is 0 Å². The van der Waals surface area contributed by atoms with E-state index in [4.69, 9.17) is 23.5 Å². The van der Waals surface area contributed by atoms with Gasteiger partial charge in [0.2, 0.25) is 0 Å². The Bertz CT molecular complexity index is 3340. The van der Waals surface area contributed by atoms with Crippen LogP contribution in [0.15, 0.2) is 184 Å². The van der Waals surface area contributed by atoms with Gasteiger partial charge in [-0.15, -0.1) is 0 Å². The van der Waals surface area contributed by atoms with Crippen LogP contribution < -0.4 is 19.4 Å². The predicted molar refractivity (Wildman–Crippen MR) is 231 cm³/mol. The van der Waals surface area contributed by atoms with Gasteiger partial charge < -0.3 is 23.4 Å². The van der Waals surface area contributed by atoms with Crippen LogP contribution in [0.2, 0.25) is 0 Å². The van der Waals surface area contributed by atoms with E-state index in [9.17, 15) is 0 Å². The molecule has 3 aromatic heterocycles. The summed E-state index contributed by atoms with van der Waals surface area (Å²) in [5.41, 5.74) is 11.8. The number of aliphatic imine (C=N–C) groups is 1. The number of hydrogen-bond acceptors (Lipinski definition) is 8. The lowest BCUT2D eigenvalue weighted by Gasteiger charge is -2.23. The highest BCUT2D eigenvalue weighted by Gasteiger charge is 2.42.